The maximum Gasteiger partial charge on any atom is 0.326 e. The Balaban J connectivity index is 2.17. The summed E-state index contributed by atoms with van der Waals surface area (Å²) in [5.41, 5.74) is 3.06. The molecule has 0 unspecified atom stereocenters. The van der Waals surface area contributed by atoms with Gasteiger partial charge in [-0.1, -0.05) is 41.9 Å². The van der Waals surface area contributed by atoms with Crippen LogP contribution in [-0.2, 0) is 0 Å². The molecule has 0 aliphatic rings. The van der Waals surface area contributed by atoms with E-state index in [1.807, 2.05) is 62.4 Å². The molecule has 0 atom stereocenters. The molecule has 0 aliphatic carbocycles. The fourth-order valence-electron chi connectivity index (χ4n) is 1.76. The van der Waals surface area contributed by atoms with E-state index in [0.717, 1.165) is 29.8 Å². The molecule has 1 radical (unpaired) electrons. The lowest BCUT2D eigenvalue weighted by atomic mass is 9.87. The summed E-state index contributed by atoms with van der Waals surface area (Å²) < 4.78 is 5.60. The molecular weight excluding hydrogens is 223 g/mol. The standard InChI is InChI=1S/C15H16BO2/c1-11(2)18-15-9-5-13(6-10-15)12-3-7-14(16-17)8-4-12/h3-11,17H,1-2H3. The van der Waals surface area contributed by atoms with E-state index < -0.39 is 0 Å². The maximum atomic E-state index is 8.88. The molecule has 2 aromatic carbocycles. The van der Waals surface area contributed by atoms with Crippen LogP contribution in [0.3, 0.4) is 0 Å². The summed E-state index contributed by atoms with van der Waals surface area (Å²) in [4.78, 5) is 0. The highest BCUT2D eigenvalue weighted by Crippen LogP contribution is 2.22. The van der Waals surface area contributed by atoms with Gasteiger partial charge < -0.3 is 9.76 Å². The second-order valence-electron chi connectivity index (χ2n) is 4.44. The van der Waals surface area contributed by atoms with Crippen molar-refractivity contribution in [2.45, 2.75) is 20.0 Å². The van der Waals surface area contributed by atoms with Crippen molar-refractivity contribution < 1.29 is 9.76 Å². The Morgan fingerprint density at radius 2 is 1.39 bits per heavy atom. The van der Waals surface area contributed by atoms with E-state index >= 15 is 0 Å². The summed E-state index contributed by atoms with van der Waals surface area (Å²) in [6.07, 6.45) is 0.190. The minimum absolute atomic E-state index is 0.190. The highest BCUT2D eigenvalue weighted by Gasteiger charge is 2.01. The Morgan fingerprint density at radius 3 is 1.83 bits per heavy atom. The van der Waals surface area contributed by atoms with Crippen LogP contribution in [0.5, 0.6) is 5.75 Å². The lowest BCUT2D eigenvalue weighted by Gasteiger charge is -2.10. The topological polar surface area (TPSA) is 29.5 Å². The molecule has 2 nitrogen and oxygen atoms in total. The molecule has 0 aliphatic heterocycles. The zero-order valence-corrected chi connectivity index (χ0v) is 10.6. The van der Waals surface area contributed by atoms with Crippen LogP contribution in [0, 0.1) is 0 Å². The molecular formula is C15H16BO2. The van der Waals surface area contributed by atoms with Crippen LogP contribution in [0.4, 0.5) is 0 Å². The van der Waals surface area contributed by atoms with Gasteiger partial charge in [0.1, 0.15) is 5.75 Å². The first-order valence-electron chi connectivity index (χ1n) is 6.03. The van der Waals surface area contributed by atoms with Crippen molar-refractivity contribution in [1.29, 1.82) is 0 Å². The minimum Gasteiger partial charge on any atom is -0.491 e. The average molecular weight is 239 g/mol. The summed E-state index contributed by atoms with van der Waals surface area (Å²) in [5, 5.41) is 8.88. The second-order valence-corrected chi connectivity index (χ2v) is 4.44. The molecule has 0 aromatic heterocycles. The van der Waals surface area contributed by atoms with Crippen molar-refractivity contribution in [2.75, 3.05) is 0 Å². The number of hydrogen-bond donors (Lipinski definition) is 1. The van der Waals surface area contributed by atoms with Crippen LogP contribution in [0.15, 0.2) is 48.5 Å². The summed E-state index contributed by atoms with van der Waals surface area (Å²) in [7, 11) is 1.10. The monoisotopic (exact) mass is 239 g/mol. The average Bonchev–Trinajstić information content (AvgIpc) is 2.39. The van der Waals surface area contributed by atoms with Gasteiger partial charge in [0.2, 0.25) is 0 Å². The summed E-state index contributed by atoms with van der Waals surface area (Å²) in [5.74, 6) is 0.883. The second kappa shape index (κ2) is 5.74. The zero-order valence-electron chi connectivity index (χ0n) is 10.6. The third-order valence-electron chi connectivity index (χ3n) is 2.62. The first-order chi connectivity index (χ1) is 8.69. The Kier molecular flexibility index (Phi) is 4.05. The molecule has 0 amide bonds. The van der Waals surface area contributed by atoms with E-state index in [9.17, 15) is 0 Å². The van der Waals surface area contributed by atoms with Gasteiger partial charge in [0, 0.05) is 0 Å². The van der Waals surface area contributed by atoms with E-state index in [2.05, 4.69) is 0 Å². The SMILES string of the molecule is CC(C)Oc1ccc(-c2ccc([B]O)cc2)cc1. The predicted octanol–water partition coefficient (Wildman–Crippen LogP) is 2.38. The van der Waals surface area contributed by atoms with Crippen LogP contribution in [0.25, 0.3) is 11.1 Å². The fraction of sp³-hybridized carbons (Fsp3) is 0.200. The third kappa shape index (κ3) is 3.14. The minimum atomic E-state index is 0.190. The quantitative estimate of drug-likeness (QED) is 0.830. The number of rotatable bonds is 4. The molecule has 2 rings (SSSR count). The van der Waals surface area contributed by atoms with E-state index in [1.165, 1.54) is 0 Å². The lowest BCUT2D eigenvalue weighted by Crippen LogP contribution is -2.11. The largest absolute Gasteiger partial charge is 0.491 e. The predicted molar refractivity (Wildman–Crippen MR) is 75.2 cm³/mol. The Hall–Kier alpha value is -1.74. The van der Waals surface area contributed by atoms with E-state index in [4.69, 9.17) is 9.76 Å². The normalized spacial score (nSPS) is 10.4. The van der Waals surface area contributed by atoms with Crippen LogP contribution in [-0.4, -0.2) is 18.6 Å². The van der Waals surface area contributed by atoms with Gasteiger partial charge >= 0.3 is 7.48 Å². The number of benzene rings is 2. The zero-order chi connectivity index (χ0) is 13.0. The molecule has 0 saturated carbocycles. The van der Waals surface area contributed by atoms with Crippen LogP contribution >= 0.6 is 0 Å². The summed E-state index contributed by atoms with van der Waals surface area (Å²) in [6.45, 7) is 4.02. The van der Waals surface area contributed by atoms with Gasteiger partial charge in [-0.2, -0.15) is 0 Å². The first kappa shape index (κ1) is 12.7. The molecule has 91 valence electrons. The maximum absolute atomic E-state index is 8.88. The molecule has 3 heteroatoms. The molecule has 2 aromatic rings. The van der Waals surface area contributed by atoms with Crippen molar-refractivity contribution in [1.82, 2.24) is 0 Å². The van der Waals surface area contributed by atoms with Crippen molar-refractivity contribution in [3.05, 3.63) is 48.5 Å². The van der Waals surface area contributed by atoms with Crippen molar-refractivity contribution in [2.24, 2.45) is 0 Å². The van der Waals surface area contributed by atoms with Gasteiger partial charge in [-0.15, -0.1) is 0 Å². The highest BCUT2D eigenvalue weighted by atomic mass is 16.5. The van der Waals surface area contributed by atoms with Gasteiger partial charge in [0.05, 0.1) is 6.10 Å². The lowest BCUT2D eigenvalue weighted by molar-refractivity contribution is 0.242. The smallest absolute Gasteiger partial charge is 0.326 e. The molecule has 18 heavy (non-hydrogen) atoms. The van der Waals surface area contributed by atoms with E-state index in [1.54, 1.807) is 0 Å². The van der Waals surface area contributed by atoms with Gasteiger partial charge in [-0.25, -0.2) is 0 Å². The Bertz CT molecular complexity index is 489. The van der Waals surface area contributed by atoms with Crippen molar-refractivity contribution >= 4 is 12.9 Å². The van der Waals surface area contributed by atoms with Gasteiger partial charge in [0.15, 0.2) is 0 Å². The number of ether oxygens (including phenoxy) is 1. The fourth-order valence-corrected chi connectivity index (χ4v) is 1.76. The molecule has 1 N–H and O–H groups in total. The first-order valence-corrected chi connectivity index (χ1v) is 6.03. The molecule has 0 spiro atoms. The van der Waals surface area contributed by atoms with Gasteiger partial charge in [-0.3, -0.25) is 0 Å². The van der Waals surface area contributed by atoms with E-state index in [0.29, 0.717) is 0 Å². The van der Waals surface area contributed by atoms with Crippen LogP contribution < -0.4 is 10.2 Å². The Labute approximate surface area is 109 Å². The highest BCUT2D eigenvalue weighted by molar-refractivity contribution is 6.45. The molecule has 0 saturated heterocycles. The molecule has 0 heterocycles. The van der Waals surface area contributed by atoms with Crippen molar-refractivity contribution in [3.8, 4) is 16.9 Å². The molecule has 0 fully saturated rings. The third-order valence-corrected chi connectivity index (χ3v) is 2.62. The van der Waals surface area contributed by atoms with Crippen LogP contribution in [0.2, 0.25) is 0 Å². The Morgan fingerprint density at radius 1 is 0.889 bits per heavy atom. The van der Waals surface area contributed by atoms with Crippen molar-refractivity contribution in [3.63, 3.8) is 0 Å². The number of hydrogen-bond acceptors (Lipinski definition) is 2. The van der Waals surface area contributed by atoms with Gasteiger partial charge in [0.25, 0.3) is 0 Å². The van der Waals surface area contributed by atoms with Crippen LogP contribution in [0.1, 0.15) is 13.8 Å². The van der Waals surface area contributed by atoms with Gasteiger partial charge in [-0.05, 0) is 37.1 Å². The summed E-state index contributed by atoms with van der Waals surface area (Å²) in [6, 6.07) is 15.8. The summed E-state index contributed by atoms with van der Waals surface area (Å²) >= 11 is 0. The molecule has 0 bridgehead atoms. The van der Waals surface area contributed by atoms with E-state index in [-0.39, 0.29) is 6.10 Å².